The van der Waals surface area contributed by atoms with Gasteiger partial charge in [0.15, 0.2) is 0 Å². The Morgan fingerprint density at radius 1 is 1.47 bits per heavy atom. The second-order valence-electron chi connectivity index (χ2n) is 3.55. The average Bonchev–Trinajstić information content (AvgIpc) is 2.57. The predicted molar refractivity (Wildman–Crippen MR) is 56.7 cm³/mol. The highest BCUT2D eigenvalue weighted by molar-refractivity contribution is 5.80. The molecule has 0 spiro atoms. The van der Waals surface area contributed by atoms with Gasteiger partial charge >= 0.3 is 0 Å². The smallest absolute Gasteiger partial charge is 0.127 e. The number of rotatable bonds is 3. The van der Waals surface area contributed by atoms with Crippen molar-refractivity contribution in [3.63, 3.8) is 0 Å². The molecule has 2 N–H and O–H groups in total. The van der Waals surface area contributed by atoms with Crippen molar-refractivity contribution in [3.8, 4) is 0 Å². The van der Waals surface area contributed by atoms with Crippen LogP contribution in [0.5, 0.6) is 0 Å². The van der Waals surface area contributed by atoms with Crippen LogP contribution in [0.2, 0.25) is 0 Å². The Kier molecular flexibility index (Phi) is 2.70. The van der Waals surface area contributed by atoms with E-state index in [0.717, 1.165) is 10.9 Å². The third-order valence-electron chi connectivity index (χ3n) is 2.54. The van der Waals surface area contributed by atoms with Gasteiger partial charge in [-0.3, -0.25) is 0 Å². The molecule has 0 radical (unpaired) electrons. The van der Waals surface area contributed by atoms with Crippen LogP contribution >= 0.6 is 0 Å². The van der Waals surface area contributed by atoms with E-state index in [1.807, 2.05) is 29.9 Å². The number of hydrogen-bond donors (Lipinski definition) is 1. The van der Waals surface area contributed by atoms with Gasteiger partial charge in [-0.1, -0.05) is 0 Å². The molecule has 0 unspecified atom stereocenters. The van der Waals surface area contributed by atoms with Crippen LogP contribution in [-0.2, 0) is 18.3 Å². The number of halogens is 1. The van der Waals surface area contributed by atoms with Crippen LogP contribution in [0.25, 0.3) is 10.9 Å². The number of benzene rings is 1. The lowest BCUT2D eigenvalue weighted by Crippen LogP contribution is -2.05. The fourth-order valence-electron chi connectivity index (χ4n) is 1.69. The summed E-state index contributed by atoms with van der Waals surface area (Å²) >= 11 is 0. The van der Waals surface area contributed by atoms with E-state index >= 15 is 0 Å². The molecular formula is C11H13FN2O. The molecular weight excluding hydrogens is 195 g/mol. The minimum Gasteiger partial charge on any atom is -0.351 e. The molecule has 0 saturated carbocycles. The van der Waals surface area contributed by atoms with Crippen LogP contribution < -0.4 is 5.90 Å². The van der Waals surface area contributed by atoms with Crippen molar-refractivity contribution in [2.24, 2.45) is 12.9 Å². The van der Waals surface area contributed by atoms with E-state index in [1.54, 1.807) is 6.07 Å². The SMILES string of the molecule is Cn1ccc2cc(F)c(CCON)cc21. The van der Waals surface area contributed by atoms with Crippen LogP contribution in [0.4, 0.5) is 4.39 Å². The maximum Gasteiger partial charge on any atom is 0.127 e. The van der Waals surface area contributed by atoms with Crippen molar-refractivity contribution in [1.29, 1.82) is 0 Å². The van der Waals surface area contributed by atoms with E-state index < -0.39 is 0 Å². The highest BCUT2D eigenvalue weighted by Gasteiger charge is 2.06. The normalized spacial score (nSPS) is 11.1. The maximum atomic E-state index is 13.5. The molecule has 2 rings (SSSR count). The molecule has 1 aromatic carbocycles. The van der Waals surface area contributed by atoms with Crippen molar-refractivity contribution in [1.82, 2.24) is 4.57 Å². The number of aryl methyl sites for hydroxylation is 1. The first-order valence-electron chi connectivity index (χ1n) is 4.77. The molecule has 4 heteroatoms. The summed E-state index contributed by atoms with van der Waals surface area (Å²) in [4.78, 5) is 4.45. The van der Waals surface area contributed by atoms with Gasteiger partial charge in [-0.05, 0) is 23.8 Å². The Balaban J connectivity index is 2.45. The molecule has 0 bridgehead atoms. The van der Waals surface area contributed by atoms with Gasteiger partial charge < -0.3 is 9.40 Å². The Bertz CT molecular complexity index is 479. The summed E-state index contributed by atoms with van der Waals surface area (Å²) < 4.78 is 15.5. The minimum atomic E-state index is -0.203. The Morgan fingerprint density at radius 3 is 3.00 bits per heavy atom. The number of fused-ring (bicyclic) bond motifs is 1. The van der Waals surface area contributed by atoms with E-state index in [9.17, 15) is 4.39 Å². The summed E-state index contributed by atoms with van der Waals surface area (Å²) in [5.74, 6) is 4.72. The summed E-state index contributed by atoms with van der Waals surface area (Å²) in [7, 11) is 1.93. The Morgan fingerprint density at radius 2 is 2.27 bits per heavy atom. The number of aromatic nitrogens is 1. The quantitative estimate of drug-likeness (QED) is 0.780. The van der Waals surface area contributed by atoms with Crippen molar-refractivity contribution in [2.75, 3.05) is 6.61 Å². The summed E-state index contributed by atoms with van der Waals surface area (Å²) in [6, 6.07) is 5.27. The van der Waals surface area contributed by atoms with Gasteiger partial charge in [0.2, 0.25) is 0 Å². The zero-order valence-corrected chi connectivity index (χ0v) is 8.53. The molecule has 2 aromatic rings. The summed E-state index contributed by atoms with van der Waals surface area (Å²) in [5.41, 5.74) is 1.65. The lowest BCUT2D eigenvalue weighted by molar-refractivity contribution is 0.140. The molecule has 0 aliphatic heterocycles. The summed E-state index contributed by atoms with van der Waals surface area (Å²) in [6.07, 6.45) is 2.40. The van der Waals surface area contributed by atoms with Gasteiger partial charge in [-0.15, -0.1) is 0 Å². The zero-order chi connectivity index (χ0) is 10.8. The summed E-state index contributed by atoms with van der Waals surface area (Å²) in [5, 5.41) is 0.910. The van der Waals surface area contributed by atoms with Crippen molar-refractivity contribution in [2.45, 2.75) is 6.42 Å². The van der Waals surface area contributed by atoms with Crippen LogP contribution in [0.15, 0.2) is 24.4 Å². The Labute approximate surface area is 87.2 Å². The largest absolute Gasteiger partial charge is 0.351 e. The molecule has 0 amide bonds. The fourth-order valence-corrected chi connectivity index (χ4v) is 1.69. The van der Waals surface area contributed by atoms with Gasteiger partial charge in [-0.25, -0.2) is 10.3 Å². The lowest BCUT2D eigenvalue weighted by atomic mass is 10.1. The van der Waals surface area contributed by atoms with Gasteiger partial charge in [0.05, 0.1) is 6.61 Å². The minimum absolute atomic E-state index is 0.203. The second-order valence-corrected chi connectivity index (χ2v) is 3.55. The van der Waals surface area contributed by atoms with Crippen molar-refractivity contribution < 1.29 is 9.23 Å². The summed E-state index contributed by atoms with van der Waals surface area (Å²) in [6.45, 7) is 0.326. The molecule has 80 valence electrons. The predicted octanol–water partition coefficient (Wildman–Crippen LogP) is 1.75. The first kappa shape index (κ1) is 10.1. The molecule has 1 aromatic heterocycles. The van der Waals surface area contributed by atoms with E-state index in [4.69, 9.17) is 5.90 Å². The molecule has 0 fully saturated rings. The van der Waals surface area contributed by atoms with Crippen LogP contribution in [0, 0.1) is 5.82 Å². The van der Waals surface area contributed by atoms with E-state index in [1.165, 1.54) is 0 Å². The fraction of sp³-hybridized carbons (Fsp3) is 0.273. The van der Waals surface area contributed by atoms with E-state index in [2.05, 4.69) is 4.84 Å². The highest BCUT2D eigenvalue weighted by Crippen LogP contribution is 2.20. The molecule has 0 atom stereocenters. The third-order valence-corrected chi connectivity index (χ3v) is 2.54. The van der Waals surface area contributed by atoms with Gasteiger partial charge in [0.1, 0.15) is 5.82 Å². The van der Waals surface area contributed by atoms with E-state index in [0.29, 0.717) is 18.6 Å². The molecule has 1 heterocycles. The lowest BCUT2D eigenvalue weighted by Gasteiger charge is -2.04. The molecule has 3 nitrogen and oxygen atoms in total. The van der Waals surface area contributed by atoms with Crippen LogP contribution in [0.1, 0.15) is 5.56 Å². The van der Waals surface area contributed by atoms with Crippen molar-refractivity contribution in [3.05, 3.63) is 35.8 Å². The zero-order valence-electron chi connectivity index (χ0n) is 8.53. The van der Waals surface area contributed by atoms with Gasteiger partial charge in [-0.2, -0.15) is 0 Å². The number of nitrogens with zero attached hydrogens (tertiary/aromatic N) is 1. The van der Waals surface area contributed by atoms with Crippen molar-refractivity contribution >= 4 is 10.9 Å². The van der Waals surface area contributed by atoms with Gasteiger partial charge in [0.25, 0.3) is 0 Å². The van der Waals surface area contributed by atoms with Crippen LogP contribution in [-0.4, -0.2) is 11.2 Å². The highest BCUT2D eigenvalue weighted by atomic mass is 19.1. The first-order valence-corrected chi connectivity index (χ1v) is 4.77. The number of hydrogen-bond acceptors (Lipinski definition) is 2. The average molecular weight is 208 g/mol. The maximum absolute atomic E-state index is 13.5. The monoisotopic (exact) mass is 208 g/mol. The molecule has 0 saturated heterocycles. The third kappa shape index (κ3) is 1.86. The Hall–Kier alpha value is -1.39. The van der Waals surface area contributed by atoms with Crippen LogP contribution in [0.3, 0.4) is 0 Å². The molecule has 0 aliphatic rings. The van der Waals surface area contributed by atoms with Gasteiger partial charge in [0, 0.05) is 30.6 Å². The molecule has 15 heavy (non-hydrogen) atoms. The topological polar surface area (TPSA) is 40.2 Å². The molecule has 0 aliphatic carbocycles. The number of nitrogens with two attached hydrogens (primary N) is 1. The second kappa shape index (κ2) is 4.00. The standard InChI is InChI=1S/C11H13FN2O/c1-14-4-2-9-6-10(12)8(3-5-15-13)7-11(9)14/h2,4,6-7H,3,5,13H2,1H3. The van der Waals surface area contributed by atoms with E-state index in [-0.39, 0.29) is 5.82 Å². The first-order chi connectivity index (χ1) is 7.22.